The van der Waals surface area contributed by atoms with Gasteiger partial charge in [0.15, 0.2) is 5.58 Å². The highest BCUT2D eigenvalue weighted by Crippen LogP contribution is 2.56. The predicted octanol–water partition coefficient (Wildman–Crippen LogP) is 20.0. The molecular weight excluding hydrogens is 987 g/mol. The SMILES string of the molecule is [C-]#[N+]c1c(-c2ccccc2)c(C#N)c(-n2c3c(ccc4c5ccccc5oc43)c3ccc4c5ccccc5sc4c32)c(-c2ccncc2)c1-n1c2c(ccc3c4ccccc4sc32)c2ccc3c4ccccc4sc3c21. The Balaban J connectivity index is 1.20. The van der Waals surface area contributed by atoms with Crippen molar-refractivity contribution in [2.75, 3.05) is 0 Å². The number of benzene rings is 10. The van der Waals surface area contributed by atoms with Gasteiger partial charge < -0.3 is 13.6 Å². The molecule has 0 atom stereocenters. The molecule has 9 heteroatoms. The number of para-hydroxylation sites is 1. The average Bonchev–Trinajstić information content (AvgIpc) is 4.41. The summed E-state index contributed by atoms with van der Waals surface area (Å²) >= 11 is 5.34. The number of rotatable bonds is 4. The number of fused-ring (bicyclic) bond motifs is 22. The van der Waals surface area contributed by atoms with E-state index in [1.165, 1.54) is 30.3 Å². The van der Waals surface area contributed by atoms with Crippen molar-refractivity contribution >= 4 is 166 Å². The van der Waals surface area contributed by atoms with Gasteiger partial charge in [-0.15, -0.1) is 34.0 Å². The zero-order valence-corrected chi connectivity index (χ0v) is 42.4. The number of nitrogens with zero attached hydrogens (tertiary/aromatic N) is 5. The average molecular weight is 1020 g/mol. The van der Waals surface area contributed by atoms with E-state index in [1.807, 2.05) is 67.0 Å². The van der Waals surface area contributed by atoms with E-state index >= 15 is 0 Å². The molecule has 0 saturated heterocycles. The van der Waals surface area contributed by atoms with E-state index < -0.39 is 0 Å². The zero-order chi connectivity index (χ0) is 49.9. The largest absolute Gasteiger partial charge is 0.454 e. The van der Waals surface area contributed by atoms with E-state index in [0.29, 0.717) is 28.2 Å². The van der Waals surface area contributed by atoms with Crippen LogP contribution in [0.25, 0.3) is 165 Å². The van der Waals surface area contributed by atoms with Gasteiger partial charge in [-0.3, -0.25) is 4.98 Å². The summed E-state index contributed by atoms with van der Waals surface area (Å²) in [7, 11) is 0. The van der Waals surface area contributed by atoms with E-state index in [2.05, 4.69) is 154 Å². The molecule has 0 N–H and O–H groups in total. The number of nitriles is 1. The van der Waals surface area contributed by atoms with Gasteiger partial charge in [-0.05, 0) is 53.6 Å². The first kappa shape index (κ1) is 41.8. The third-order valence-corrected chi connectivity index (χ3v) is 19.3. The van der Waals surface area contributed by atoms with Crippen molar-refractivity contribution in [2.45, 2.75) is 0 Å². The molecule has 0 aliphatic heterocycles. The Morgan fingerprint density at radius 3 is 1.38 bits per heavy atom. The maximum Gasteiger partial charge on any atom is 0.220 e. The first-order valence-corrected chi connectivity index (χ1v) is 27.5. The molecule has 7 aromatic heterocycles. The van der Waals surface area contributed by atoms with Crippen LogP contribution in [0.1, 0.15) is 5.56 Å². The third-order valence-electron chi connectivity index (χ3n) is 15.7. The molecular formula is C67H33N5OS3. The Kier molecular flexibility index (Phi) is 8.51. The molecule has 0 amide bonds. The van der Waals surface area contributed by atoms with Crippen molar-refractivity contribution in [2.24, 2.45) is 0 Å². The minimum Gasteiger partial charge on any atom is -0.454 e. The minimum absolute atomic E-state index is 0.384. The van der Waals surface area contributed by atoms with Crippen LogP contribution >= 0.6 is 34.0 Å². The molecule has 6 nitrogen and oxygen atoms in total. The molecule has 10 aromatic carbocycles. The highest BCUT2D eigenvalue weighted by atomic mass is 32.1. The lowest BCUT2D eigenvalue weighted by atomic mass is 9.89. The fraction of sp³-hybridized carbons (Fsp3) is 0. The quantitative estimate of drug-likeness (QED) is 0.165. The topological polar surface area (TPSA) is 64.0 Å². The molecule has 0 saturated carbocycles. The second-order valence-electron chi connectivity index (χ2n) is 19.4. The van der Waals surface area contributed by atoms with Crippen molar-refractivity contribution < 1.29 is 4.42 Å². The molecule has 0 bridgehead atoms. The van der Waals surface area contributed by atoms with Crippen LogP contribution in [0.4, 0.5) is 5.69 Å². The van der Waals surface area contributed by atoms with Gasteiger partial charge in [0.2, 0.25) is 5.69 Å². The summed E-state index contributed by atoms with van der Waals surface area (Å²) in [5, 5.41) is 25.5. The van der Waals surface area contributed by atoms with Crippen LogP contribution in [0.5, 0.6) is 0 Å². The maximum absolute atomic E-state index is 12.4. The molecule has 0 aliphatic rings. The van der Waals surface area contributed by atoms with Crippen molar-refractivity contribution in [1.29, 1.82) is 5.26 Å². The minimum atomic E-state index is 0.384. The lowest BCUT2D eigenvalue weighted by Gasteiger charge is -2.26. The van der Waals surface area contributed by atoms with Crippen LogP contribution in [0.2, 0.25) is 0 Å². The van der Waals surface area contributed by atoms with Crippen LogP contribution in [0.3, 0.4) is 0 Å². The number of pyridine rings is 1. The maximum atomic E-state index is 12.4. The molecule has 17 aromatic rings. The van der Waals surface area contributed by atoms with Gasteiger partial charge in [0, 0.05) is 102 Å². The van der Waals surface area contributed by atoms with Crippen LogP contribution in [0, 0.1) is 17.9 Å². The van der Waals surface area contributed by atoms with Crippen LogP contribution < -0.4 is 0 Å². The zero-order valence-electron chi connectivity index (χ0n) is 39.9. The van der Waals surface area contributed by atoms with E-state index in [9.17, 15) is 11.8 Å². The Labute approximate surface area is 443 Å². The van der Waals surface area contributed by atoms with E-state index in [-0.39, 0.29) is 0 Å². The molecule has 0 aliphatic carbocycles. The fourth-order valence-electron chi connectivity index (χ4n) is 12.6. The standard InChI is InChI=1S/C67H33N5OS3/c1-69-57-55(36-13-3-2-4-14-36)50(35-68)58(71-59-42(23-27-46-38-15-5-9-19-51(38)73-64(46)59)43-24-28-47-39-16-6-10-20-52(39)74-65(47)60(43)71)56(37-31-33-70-34-32-37)63(57)72-61-44(25-29-48-40-17-7-11-21-53(40)75-66(48)61)45-26-30-49-41-18-8-12-22-54(41)76-67(49)62(45)72/h2-34H. The monoisotopic (exact) mass is 1020 g/mol. The number of furan rings is 1. The van der Waals surface area contributed by atoms with Crippen molar-refractivity contribution in [1.82, 2.24) is 14.1 Å². The van der Waals surface area contributed by atoms with Crippen LogP contribution in [-0.4, -0.2) is 14.1 Å². The highest BCUT2D eigenvalue weighted by molar-refractivity contribution is 7.27. The van der Waals surface area contributed by atoms with Gasteiger partial charge in [0.05, 0.1) is 59.7 Å². The second-order valence-corrected chi connectivity index (χ2v) is 22.6. The number of aromatic nitrogens is 3. The van der Waals surface area contributed by atoms with Gasteiger partial charge in [-0.2, -0.15) is 5.26 Å². The molecule has 0 unspecified atom stereocenters. The summed E-state index contributed by atoms with van der Waals surface area (Å²) in [5.41, 5.74) is 10.4. The van der Waals surface area contributed by atoms with E-state index in [0.717, 1.165) is 112 Å². The smallest absolute Gasteiger partial charge is 0.220 e. The van der Waals surface area contributed by atoms with Gasteiger partial charge in [0.25, 0.3) is 0 Å². The molecule has 0 radical (unpaired) electrons. The summed E-state index contributed by atoms with van der Waals surface area (Å²) in [6.45, 7) is 9.65. The normalized spacial score (nSPS) is 12.2. The predicted molar refractivity (Wildman–Crippen MR) is 321 cm³/mol. The van der Waals surface area contributed by atoms with Crippen molar-refractivity contribution in [3.63, 3.8) is 0 Å². The molecule has 76 heavy (non-hydrogen) atoms. The summed E-state index contributed by atoms with van der Waals surface area (Å²) in [5.74, 6) is 0. The fourth-order valence-corrected chi connectivity index (χ4v) is 16.3. The molecule has 7 heterocycles. The Bertz CT molecular complexity index is 4950. The van der Waals surface area contributed by atoms with Gasteiger partial charge in [-0.1, -0.05) is 146 Å². The first-order chi connectivity index (χ1) is 37.7. The molecule has 0 spiro atoms. The third kappa shape index (κ3) is 5.42. The Morgan fingerprint density at radius 1 is 0.421 bits per heavy atom. The summed E-state index contributed by atoms with van der Waals surface area (Å²) in [6, 6.07) is 69.2. The Hall–Kier alpha value is -9.61. The number of hydrogen-bond donors (Lipinski definition) is 0. The second kappa shape index (κ2) is 15.5. The highest BCUT2D eigenvalue weighted by Gasteiger charge is 2.34. The van der Waals surface area contributed by atoms with Crippen molar-refractivity contribution in [3.8, 4) is 39.7 Å². The lowest BCUT2D eigenvalue weighted by Crippen LogP contribution is -2.09. The van der Waals surface area contributed by atoms with E-state index in [4.69, 9.17) is 9.26 Å². The molecule has 0 fully saturated rings. The van der Waals surface area contributed by atoms with Gasteiger partial charge in [-0.25, -0.2) is 4.85 Å². The van der Waals surface area contributed by atoms with Gasteiger partial charge in [0.1, 0.15) is 11.7 Å². The number of thiophene rings is 3. The summed E-state index contributed by atoms with van der Waals surface area (Å²) < 4.78 is 18.8. The lowest BCUT2D eigenvalue weighted by molar-refractivity contribution is 0.671. The first-order valence-electron chi connectivity index (χ1n) is 25.0. The molecule has 350 valence electrons. The van der Waals surface area contributed by atoms with E-state index in [1.54, 1.807) is 34.0 Å². The Morgan fingerprint density at radius 2 is 0.855 bits per heavy atom. The van der Waals surface area contributed by atoms with Crippen molar-refractivity contribution in [3.05, 3.63) is 217 Å². The summed E-state index contributed by atoms with van der Waals surface area (Å²) in [6.07, 6.45) is 3.65. The van der Waals surface area contributed by atoms with Crippen LogP contribution in [-0.2, 0) is 0 Å². The summed E-state index contributed by atoms with van der Waals surface area (Å²) in [4.78, 5) is 9.32. The van der Waals surface area contributed by atoms with Crippen LogP contribution in [0.15, 0.2) is 205 Å². The molecule has 17 rings (SSSR count). The van der Waals surface area contributed by atoms with Gasteiger partial charge >= 0.3 is 0 Å². The number of hydrogen-bond acceptors (Lipinski definition) is 6.